The Hall–Kier alpha value is -0.870. The van der Waals surface area contributed by atoms with E-state index in [0.29, 0.717) is 11.5 Å². The molecule has 0 aliphatic carbocycles. The minimum atomic E-state index is 0.198. The van der Waals surface area contributed by atoms with Crippen LogP contribution in [0.25, 0.3) is 0 Å². The number of rotatable bonds is 3. The summed E-state index contributed by atoms with van der Waals surface area (Å²) in [7, 11) is 2.07. The van der Waals surface area contributed by atoms with Crippen LogP contribution in [0.15, 0.2) is 12.4 Å². The summed E-state index contributed by atoms with van der Waals surface area (Å²) in [5.41, 5.74) is 0.495. The number of aryl methyl sites for hydroxylation is 1. The Kier molecular flexibility index (Phi) is 4.26. The van der Waals surface area contributed by atoms with Gasteiger partial charge in [0, 0.05) is 57.1 Å². The van der Waals surface area contributed by atoms with Gasteiger partial charge in [-0.05, 0) is 19.3 Å². The smallest absolute Gasteiger partial charge is 0.109 e. The highest BCUT2D eigenvalue weighted by molar-refractivity contribution is 4.99. The van der Waals surface area contributed by atoms with Crippen molar-refractivity contribution in [3.05, 3.63) is 18.2 Å². The second-order valence-electron chi connectivity index (χ2n) is 7.82. The van der Waals surface area contributed by atoms with Crippen LogP contribution in [0, 0.1) is 5.41 Å². The Morgan fingerprint density at radius 3 is 2.65 bits per heavy atom. The molecule has 0 aromatic carbocycles. The lowest BCUT2D eigenvalue weighted by Crippen LogP contribution is -2.64. The first-order chi connectivity index (χ1) is 9.19. The van der Waals surface area contributed by atoms with Crippen LogP contribution in [0.5, 0.6) is 0 Å². The van der Waals surface area contributed by atoms with Gasteiger partial charge in [-0.25, -0.2) is 4.98 Å². The average molecular weight is 278 g/mol. The van der Waals surface area contributed by atoms with E-state index in [0.717, 1.165) is 26.1 Å². The molecule has 0 spiro atoms. The zero-order valence-corrected chi connectivity index (χ0v) is 13.9. The van der Waals surface area contributed by atoms with E-state index in [1.165, 1.54) is 5.82 Å². The lowest BCUT2D eigenvalue weighted by Gasteiger charge is -2.49. The molecule has 114 valence electrons. The fraction of sp³-hybridized carbons (Fsp3) is 0.812. The monoisotopic (exact) mass is 278 g/mol. The van der Waals surface area contributed by atoms with E-state index in [9.17, 15) is 0 Å². The van der Waals surface area contributed by atoms with Crippen molar-refractivity contribution < 1.29 is 0 Å². The number of aromatic nitrogens is 2. The van der Waals surface area contributed by atoms with Crippen LogP contribution in [-0.4, -0.2) is 45.7 Å². The standard InChI is InChI=1S/C16H30N4/c1-15(2,3)13-11-18-16(4,5)12-20(13)9-7-14-17-8-10-19(14)6/h8,10,13,18H,7,9,11-12H2,1-6H3. The molecule has 1 aromatic rings. The molecule has 20 heavy (non-hydrogen) atoms. The number of nitrogens with zero attached hydrogens (tertiary/aromatic N) is 3. The zero-order valence-electron chi connectivity index (χ0n) is 13.9. The van der Waals surface area contributed by atoms with Gasteiger partial charge in [-0.15, -0.1) is 0 Å². The number of hydrogen-bond acceptors (Lipinski definition) is 3. The van der Waals surface area contributed by atoms with Gasteiger partial charge in [0.05, 0.1) is 0 Å². The van der Waals surface area contributed by atoms with Gasteiger partial charge in [-0.3, -0.25) is 4.90 Å². The molecule has 0 saturated carbocycles. The van der Waals surface area contributed by atoms with Gasteiger partial charge < -0.3 is 9.88 Å². The van der Waals surface area contributed by atoms with Crippen LogP contribution in [0.1, 0.15) is 40.4 Å². The van der Waals surface area contributed by atoms with Gasteiger partial charge >= 0.3 is 0 Å². The molecular formula is C16H30N4. The molecule has 1 atom stereocenters. The number of nitrogens with one attached hydrogen (secondary N) is 1. The molecule has 4 heteroatoms. The van der Waals surface area contributed by atoms with Crippen LogP contribution >= 0.6 is 0 Å². The highest BCUT2D eigenvalue weighted by Crippen LogP contribution is 2.28. The van der Waals surface area contributed by atoms with Crippen molar-refractivity contribution in [1.82, 2.24) is 19.8 Å². The summed E-state index contributed by atoms with van der Waals surface area (Å²) < 4.78 is 2.12. The summed E-state index contributed by atoms with van der Waals surface area (Å²) >= 11 is 0. The number of piperazine rings is 1. The van der Waals surface area contributed by atoms with Gasteiger partial charge in [-0.1, -0.05) is 20.8 Å². The number of hydrogen-bond donors (Lipinski definition) is 1. The molecule has 1 fully saturated rings. The normalized spacial score (nSPS) is 24.0. The quantitative estimate of drug-likeness (QED) is 0.919. The van der Waals surface area contributed by atoms with Gasteiger partial charge in [-0.2, -0.15) is 0 Å². The Morgan fingerprint density at radius 2 is 2.10 bits per heavy atom. The summed E-state index contributed by atoms with van der Waals surface area (Å²) in [6.45, 7) is 14.8. The first-order valence-electron chi connectivity index (χ1n) is 7.64. The Bertz CT molecular complexity index is 442. The number of imidazole rings is 1. The van der Waals surface area contributed by atoms with Gasteiger partial charge in [0.1, 0.15) is 5.82 Å². The first-order valence-corrected chi connectivity index (χ1v) is 7.64. The van der Waals surface area contributed by atoms with Crippen molar-refractivity contribution in [2.24, 2.45) is 12.5 Å². The molecule has 1 N–H and O–H groups in total. The maximum absolute atomic E-state index is 4.44. The van der Waals surface area contributed by atoms with Crippen molar-refractivity contribution in [2.75, 3.05) is 19.6 Å². The summed E-state index contributed by atoms with van der Waals surface area (Å²) in [5.74, 6) is 1.17. The van der Waals surface area contributed by atoms with Gasteiger partial charge in [0.2, 0.25) is 0 Å². The van der Waals surface area contributed by atoms with E-state index < -0.39 is 0 Å². The van der Waals surface area contributed by atoms with Crippen molar-refractivity contribution in [3.8, 4) is 0 Å². The molecule has 1 unspecified atom stereocenters. The third kappa shape index (κ3) is 3.61. The van der Waals surface area contributed by atoms with E-state index in [-0.39, 0.29) is 5.54 Å². The lowest BCUT2D eigenvalue weighted by molar-refractivity contribution is 0.0337. The third-order valence-corrected chi connectivity index (χ3v) is 4.36. The maximum Gasteiger partial charge on any atom is 0.109 e. The lowest BCUT2D eigenvalue weighted by atomic mass is 9.82. The highest BCUT2D eigenvalue weighted by Gasteiger charge is 2.38. The van der Waals surface area contributed by atoms with E-state index in [1.54, 1.807) is 0 Å². The maximum atomic E-state index is 4.44. The average Bonchev–Trinajstić information content (AvgIpc) is 2.69. The van der Waals surface area contributed by atoms with Crippen LogP contribution in [0.2, 0.25) is 0 Å². The van der Waals surface area contributed by atoms with Crippen molar-refractivity contribution in [2.45, 2.75) is 52.6 Å². The molecule has 1 aliphatic heterocycles. The molecule has 0 bridgehead atoms. The Labute approximate surface area is 123 Å². The molecular weight excluding hydrogens is 248 g/mol. The fourth-order valence-electron chi connectivity index (χ4n) is 3.15. The van der Waals surface area contributed by atoms with Crippen LogP contribution in [-0.2, 0) is 13.5 Å². The summed E-state index contributed by atoms with van der Waals surface area (Å²) in [6, 6.07) is 0.579. The van der Waals surface area contributed by atoms with E-state index in [4.69, 9.17) is 0 Å². The third-order valence-electron chi connectivity index (χ3n) is 4.36. The highest BCUT2D eigenvalue weighted by atomic mass is 15.3. The minimum Gasteiger partial charge on any atom is -0.338 e. The summed E-state index contributed by atoms with van der Waals surface area (Å²) in [4.78, 5) is 7.09. The topological polar surface area (TPSA) is 33.1 Å². The molecule has 2 heterocycles. The Morgan fingerprint density at radius 1 is 1.40 bits per heavy atom. The van der Waals surface area contributed by atoms with Crippen molar-refractivity contribution in [3.63, 3.8) is 0 Å². The van der Waals surface area contributed by atoms with Gasteiger partial charge in [0.25, 0.3) is 0 Å². The van der Waals surface area contributed by atoms with Gasteiger partial charge in [0.15, 0.2) is 0 Å². The molecule has 4 nitrogen and oxygen atoms in total. The Balaban J connectivity index is 2.06. The molecule has 1 aromatic heterocycles. The predicted molar refractivity (Wildman–Crippen MR) is 83.8 cm³/mol. The minimum absolute atomic E-state index is 0.198. The van der Waals surface area contributed by atoms with Crippen LogP contribution in [0.3, 0.4) is 0 Å². The van der Waals surface area contributed by atoms with E-state index >= 15 is 0 Å². The predicted octanol–water partition coefficient (Wildman–Crippen LogP) is 2.06. The molecule has 0 radical (unpaired) electrons. The zero-order chi connectivity index (χ0) is 15.0. The van der Waals surface area contributed by atoms with E-state index in [1.807, 2.05) is 12.4 Å². The second kappa shape index (κ2) is 5.49. The first kappa shape index (κ1) is 15.5. The summed E-state index contributed by atoms with van der Waals surface area (Å²) in [5, 5.41) is 3.69. The van der Waals surface area contributed by atoms with Crippen molar-refractivity contribution in [1.29, 1.82) is 0 Å². The molecule has 1 saturated heterocycles. The molecule has 2 rings (SSSR count). The summed E-state index contributed by atoms with van der Waals surface area (Å²) in [6.07, 6.45) is 4.93. The fourth-order valence-corrected chi connectivity index (χ4v) is 3.15. The van der Waals surface area contributed by atoms with Crippen LogP contribution < -0.4 is 5.32 Å². The second-order valence-corrected chi connectivity index (χ2v) is 7.82. The van der Waals surface area contributed by atoms with Crippen molar-refractivity contribution >= 4 is 0 Å². The largest absolute Gasteiger partial charge is 0.338 e. The SMILES string of the molecule is Cn1ccnc1CCN1CC(C)(C)NCC1C(C)(C)C. The molecule has 1 aliphatic rings. The van der Waals surface area contributed by atoms with E-state index in [2.05, 4.69) is 61.4 Å². The molecule has 0 amide bonds. The van der Waals surface area contributed by atoms with Crippen LogP contribution in [0.4, 0.5) is 0 Å².